The Morgan fingerprint density at radius 2 is 2.00 bits per heavy atom. The Morgan fingerprint density at radius 3 is 2.70 bits per heavy atom. The second kappa shape index (κ2) is 7.81. The molecule has 0 aliphatic carbocycles. The van der Waals surface area contributed by atoms with E-state index in [9.17, 15) is 9.18 Å². The third-order valence-corrected chi connectivity index (χ3v) is 6.92. The summed E-state index contributed by atoms with van der Waals surface area (Å²) in [7, 11) is 1.87. The van der Waals surface area contributed by atoms with Crippen molar-refractivity contribution in [3.63, 3.8) is 0 Å². The van der Waals surface area contributed by atoms with Crippen molar-refractivity contribution >= 4 is 17.2 Å². The first-order valence-corrected chi connectivity index (χ1v) is 11.3. The number of nitrogens with one attached hydrogen (secondary N) is 2. The van der Waals surface area contributed by atoms with Gasteiger partial charge in [-0.05, 0) is 48.3 Å². The Morgan fingerprint density at radius 1 is 1.18 bits per heavy atom. The first-order chi connectivity index (χ1) is 16.1. The van der Waals surface area contributed by atoms with Gasteiger partial charge in [0.25, 0.3) is 5.91 Å². The molecule has 7 nitrogen and oxygen atoms in total. The van der Waals surface area contributed by atoms with Crippen molar-refractivity contribution in [3.8, 4) is 0 Å². The lowest BCUT2D eigenvalue weighted by molar-refractivity contribution is 0.0958. The van der Waals surface area contributed by atoms with E-state index in [1.165, 1.54) is 24.1 Å². The predicted octanol–water partition coefficient (Wildman–Crippen LogP) is 3.24. The number of nitrogens with zero attached hydrogens (tertiary/aromatic N) is 4. The van der Waals surface area contributed by atoms with Crippen molar-refractivity contribution in [2.75, 3.05) is 25.0 Å². The van der Waals surface area contributed by atoms with Gasteiger partial charge in [0.2, 0.25) is 0 Å². The molecule has 33 heavy (non-hydrogen) atoms. The quantitative estimate of drug-likeness (QED) is 0.646. The van der Waals surface area contributed by atoms with Gasteiger partial charge in [0.15, 0.2) is 0 Å². The van der Waals surface area contributed by atoms with Crippen molar-refractivity contribution in [1.29, 1.82) is 0 Å². The van der Waals surface area contributed by atoms with E-state index in [4.69, 9.17) is 0 Å². The van der Waals surface area contributed by atoms with Crippen LogP contribution in [0.2, 0.25) is 0 Å². The van der Waals surface area contributed by atoms with Gasteiger partial charge < -0.3 is 10.6 Å². The number of likely N-dealkylation sites (tertiary alicyclic amines) is 1. The van der Waals surface area contributed by atoms with E-state index in [0.717, 1.165) is 42.2 Å². The van der Waals surface area contributed by atoms with Crippen molar-refractivity contribution in [1.82, 2.24) is 25.0 Å². The van der Waals surface area contributed by atoms with Crippen LogP contribution in [-0.4, -0.2) is 45.2 Å². The van der Waals surface area contributed by atoms with Crippen LogP contribution < -0.4 is 10.6 Å². The summed E-state index contributed by atoms with van der Waals surface area (Å²) < 4.78 is 16.3. The summed E-state index contributed by atoms with van der Waals surface area (Å²) in [6.45, 7) is 3.65. The highest BCUT2D eigenvalue weighted by Crippen LogP contribution is 2.50. The molecule has 0 bridgehead atoms. The molecule has 2 N–H and O–H groups in total. The summed E-state index contributed by atoms with van der Waals surface area (Å²) in [5.41, 5.74) is 5.03. The third-order valence-electron chi connectivity index (χ3n) is 6.92. The zero-order valence-electron chi connectivity index (χ0n) is 18.4. The summed E-state index contributed by atoms with van der Waals surface area (Å²) in [5.74, 6) is -0.112. The van der Waals surface area contributed by atoms with E-state index >= 15 is 0 Å². The molecule has 1 saturated heterocycles. The van der Waals surface area contributed by atoms with Crippen LogP contribution in [0.15, 0.2) is 48.8 Å². The van der Waals surface area contributed by atoms with Gasteiger partial charge in [-0.2, -0.15) is 5.10 Å². The van der Waals surface area contributed by atoms with Crippen LogP contribution in [0.4, 0.5) is 10.1 Å². The second-order valence-corrected chi connectivity index (χ2v) is 8.96. The molecule has 6 rings (SSSR count). The molecule has 1 fully saturated rings. The van der Waals surface area contributed by atoms with Gasteiger partial charge in [-0.3, -0.25) is 14.4 Å². The number of aromatic nitrogens is 3. The first kappa shape index (κ1) is 20.1. The van der Waals surface area contributed by atoms with Gasteiger partial charge >= 0.3 is 0 Å². The number of rotatable bonds is 4. The summed E-state index contributed by atoms with van der Waals surface area (Å²) >= 11 is 0. The summed E-state index contributed by atoms with van der Waals surface area (Å²) in [5, 5.41) is 10.7. The Labute approximate surface area is 191 Å². The lowest BCUT2D eigenvalue weighted by Gasteiger charge is -2.37. The highest BCUT2D eigenvalue weighted by molar-refractivity contribution is 6.04. The molecule has 168 valence electrons. The van der Waals surface area contributed by atoms with Crippen LogP contribution in [0, 0.1) is 5.82 Å². The molecule has 1 amide bonds. The molecule has 0 radical (unpaired) electrons. The fraction of sp³-hybridized carbons (Fsp3) is 0.320. The average molecular weight is 445 g/mol. The van der Waals surface area contributed by atoms with E-state index in [1.54, 1.807) is 11.0 Å². The standard InChI is InChI=1S/C25H25FN6O/c1-31-24(28-14-29-31)22-18-7-8-27-25(33)19-11-17(26)12-20(21(18)19)30-23(22)16-5-3-15(4-6-16)13-32-9-2-10-32/h3-7,11-12,14,22-23,30H,2,8-10,13H2,1H3,(H,27,33). The highest BCUT2D eigenvalue weighted by atomic mass is 19.1. The molecule has 3 aromatic rings. The topological polar surface area (TPSA) is 75.1 Å². The van der Waals surface area contributed by atoms with E-state index in [0.29, 0.717) is 17.8 Å². The van der Waals surface area contributed by atoms with Crippen molar-refractivity contribution in [3.05, 3.63) is 82.7 Å². The number of benzene rings is 2. The summed E-state index contributed by atoms with van der Waals surface area (Å²) in [6.07, 6.45) is 4.84. The molecular formula is C25H25FN6O. The molecule has 4 heterocycles. The van der Waals surface area contributed by atoms with Crippen molar-refractivity contribution < 1.29 is 9.18 Å². The fourth-order valence-electron chi connectivity index (χ4n) is 5.15. The minimum Gasteiger partial charge on any atom is -0.377 e. The van der Waals surface area contributed by atoms with Crippen LogP contribution in [0.5, 0.6) is 0 Å². The largest absolute Gasteiger partial charge is 0.377 e. The first-order valence-electron chi connectivity index (χ1n) is 11.3. The van der Waals surface area contributed by atoms with Crippen LogP contribution in [0.1, 0.15) is 51.3 Å². The van der Waals surface area contributed by atoms with Crippen molar-refractivity contribution in [2.45, 2.75) is 24.9 Å². The molecule has 3 aliphatic rings. The number of aryl methyl sites for hydroxylation is 1. The van der Waals surface area contributed by atoms with Crippen LogP contribution in [0.3, 0.4) is 0 Å². The maximum absolute atomic E-state index is 14.5. The van der Waals surface area contributed by atoms with Gasteiger partial charge in [-0.1, -0.05) is 30.3 Å². The molecule has 3 aliphatic heterocycles. The van der Waals surface area contributed by atoms with E-state index < -0.39 is 5.82 Å². The molecule has 2 atom stereocenters. The molecule has 8 heteroatoms. The maximum atomic E-state index is 14.5. The van der Waals surface area contributed by atoms with E-state index in [2.05, 4.69) is 49.9 Å². The van der Waals surface area contributed by atoms with Gasteiger partial charge in [0, 0.05) is 31.4 Å². The highest BCUT2D eigenvalue weighted by Gasteiger charge is 2.40. The smallest absolute Gasteiger partial charge is 0.252 e. The Kier molecular flexibility index (Phi) is 4.76. The Balaban J connectivity index is 1.47. The maximum Gasteiger partial charge on any atom is 0.252 e. The number of amides is 1. The lowest BCUT2D eigenvalue weighted by Crippen LogP contribution is -2.36. The van der Waals surface area contributed by atoms with Gasteiger partial charge in [-0.15, -0.1) is 0 Å². The number of carbonyl (C=O) groups is 1. The minimum absolute atomic E-state index is 0.187. The average Bonchev–Trinajstić information content (AvgIpc) is 3.13. The Hall–Kier alpha value is -3.52. The molecule has 1 aromatic heterocycles. The number of hydrogen-bond acceptors (Lipinski definition) is 5. The molecular weight excluding hydrogens is 419 g/mol. The van der Waals surface area contributed by atoms with E-state index in [1.807, 2.05) is 13.1 Å². The SMILES string of the molecule is Cn1ncnc1C1C2=CCNC(=O)c3cc(F)cc(c32)NC1c1ccc(CN2CCC2)cc1. The molecule has 0 saturated carbocycles. The van der Waals surface area contributed by atoms with Crippen LogP contribution in [-0.2, 0) is 13.6 Å². The van der Waals surface area contributed by atoms with Crippen molar-refractivity contribution in [2.24, 2.45) is 7.05 Å². The normalized spacial score (nSPS) is 21.9. The second-order valence-electron chi connectivity index (χ2n) is 8.96. The number of anilines is 1. The monoisotopic (exact) mass is 444 g/mol. The zero-order valence-corrected chi connectivity index (χ0v) is 18.4. The molecule has 0 spiro atoms. The van der Waals surface area contributed by atoms with Gasteiger partial charge in [-0.25, -0.2) is 9.37 Å². The zero-order chi connectivity index (χ0) is 22.5. The number of carbonyl (C=O) groups excluding carboxylic acids is 1. The van der Waals surface area contributed by atoms with Gasteiger partial charge in [0.05, 0.1) is 17.5 Å². The third kappa shape index (κ3) is 3.41. The number of hydrogen-bond donors (Lipinski definition) is 2. The molecule has 2 unspecified atom stereocenters. The fourth-order valence-corrected chi connectivity index (χ4v) is 5.15. The van der Waals surface area contributed by atoms with Gasteiger partial charge in [0.1, 0.15) is 18.0 Å². The van der Waals surface area contributed by atoms with Crippen LogP contribution in [0.25, 0.3) is 5.57 Å². The summed E-state index contributed by atoms with van der Waals surface area (Å²) in [4.78, 5) is 19.7. The van der Waals surface area contributed by atoms with E-state index in [-0.39, 0.29) is 17.9 Å². The molecule has 2 aromatic carbocycles. The number of halogens is 1. The Bertz CT molecular complexity index is 1260. The minimum atomic E-state index is -0.437. The lowest BCUT2D eigenvalue weighted by atomic mass is 9.77. The summed E-state index contributed by atoms with van der Waals surface area (Å²) in [6, 6.07) is 11.2. The predicted molar refractivity (Wildman–Crippen MR) is 123 cm³/mol. The van der Waals surface area contributed by atoms with Crippen LogP contribution >= 0.6 is 0 Å².